The highest BCUT2D eigenvalue weighted by molar-refractivity contribution is 5.83. The molecule has 0 bridgehead atoms. The zero-order valence-electron chi connectivity index (χ0n) is 16.3. The van der Waals surface area contributed by atoms with Crippen LogP contribution in [0.2, 0.25) is 0 Å². The van der Waals surface area contributed by atoms with Crippen LogP contribution in [0.15, 0.2) is 47.6 Å². The zero-order chi connectivity index (χ0) is 19.3. The fourth-order valence-corrected chi connectivity index (χ4v) is 3.34. The Morgan fingerprint density at radius 2 is 1.68 bits per heavy atom. The normalized spacial score (nSPS) is 30.9. The second-order valence-electron chi connectivity index (χ2n) is 7.79. The lowest BCUT2D eigenvalue weighted by Crippen LogP contribution is -2.62. The number of carbonyl (C=O) groups excluding carboxylic acids is 1. The number of rotatable bonds is 5. The van der Waals surface area contributed by atoms with Crippen molar-refractivity contribution in [1.82, 2.24) is 0 Å². The lowest BCUT2D eigenvalue weighted by atomic mass is 9.58. The first-order valence-corrected chi connectivity index (χ1v) is 8.70. The maximum absolute atomic E-state index is 11.2. The van der Waals surface area contributed by atoms with E-state index in [-0.39, 0.29) is 5.97 Å². The number of methoxy groups -OCH3 is 1. The fourth-order valence-electron chi connectivity index (χ4n) is 3.34. The molecule has 140 valence electrons. The molecule has 0 aromatic rings. The van der Waals surface area contributed by atoms with Crippen LogP contribution in [-0.4, -0.2) is 34.5 Å². The minimum atomic E-state index is -1.28. The van der Waals surface area contributed by atoms with E-state index in [1.807, 2.05) is 52.0 Å². The van der Waals surface area contributed by atoms with Gasteiger partial charge in [0.1, 0.15) is 5.60 Å². The van der Waals surface area contributed by atoms with Crippen LogP contribution in [0.25, 0.3) is 0 Å². The Morgan fingerprint density at radius 3 is 2.24 bits per heavy atom. The molecule has 0 saturated heterocycles. The van der Waals surface area contributed by atoms with Crippen molar-refractivity contribution < 1.29 is 19.7 Å². The van der Waals surface area contributed by atoms with Gasteiger partial charge in [0.15, 0.2) is 0 Å². The van der Waals surface area contributed by atoms with Gasteiger partial charge in [-0.1, -0.05) is 43.7 Å². The number of aliphatic hydroxyl groups is 2. The van der Waals surface area contributed by atoms with Gasteiger partial charge in [-0.25, -0.2) is 4.79 Å². The van der Waals surface area contributed by atoms with E-state index in [1.165, 1.54) is 13.2 Å². The van der Waals surface area contributed by atoms with Crippen molar-refractivity contribution in [2.45, 2.75) is 65.1 Å². The number of allylic oxidation sites excluding steroid dienone is 6. The quantitative estimate of drug-likeness (QED) is 0.450. The number of ether oxygens (including phenoxy) is 1. The molecule has 2 N–H and O–H groups in total. The average Bonchev–Trinajstić information content (AvgIpc) is 2.50. The van der Waals surface area contributed by atoms with E-state index in [1.54, 1.807) is 13.0 Å². The van der Waals surface area contributed by atoms with Crippen LogP contribution in [0.4, 0.5) is 0 Å². The SMILES string of the molecule is COC(=O)/C=C(C)/C=C/C=C(C)/C=C/[C@]1(O)C(C)(C)CCC[C@]1(C)O. The van der Waals surface area contributed by atoms with Gasteiger partial charge in [0.05, 0.1) is 12.7 Å². The van der Waals surface area contributed by atoms with E-state index in [0.29, 0.717) is 6.42 Å². The molecule has 0 unspecified atom stereocenters. The third kappa shape index (κ3) is 5.16. The molecule has 0 amide bonds. The molecule has 0 heterocycles. The van der Waals surface area contributed by atoms with Crippen LogP contribution < -0.4 is 0 Å². The summed E-state index contributed by atoms with van der Waals surface area (Å²) in [6.45, 7) is 9.43. The van der Waals surface area contributed by atoms with Gasteiger partial charge in [0.25, 0.3) is 0 Å². The highest BCUT2D eigenvalue weighted by atomic mass is 16.5. The van der Waals surface area contributed by atoms with Crippen molar-refractivity contribution in [3.05, 3.63) is 47.6 Å². The summed E-state index contributed by atoms with van der Waals surface area (Å²) in [5.74, 6) is -0.383. The molecule has 1 aliphatic carbocycles. The number of hydrogen-bond acceptors (Lipinski definition) is 4. The molecule has 1 fully saturated rings. The molecule has 0 radical (unpaired) electrons. The molecule has 4 nitrogen and oxygen atoms in total. The van der Waals surface area contributed by atoms with Crippen LogP contribution in [0, 0.1) is 5.41 Å². The number of hydrogen-bond donors (Lipinski definition) is 2. The maximum atomic E-state index is 11.2. The summed E-state index contributed by atoms with van der Waals surface area (Å²) >= 11 is 0. The molecule has 0 aromatic carbocycles. The van der Waals surface area contributed by atoms with Crippen LogP contribution in [0.5, 0.6) is 0 Å². The summed E-state index contributed by atoms with van der Waals surface area (Å²) in [6.07, 6.45) is 12.9. The summed E-state index contributed by atoms with van der Waals surface area (Å²) in [5, 5.41) is 21.9. The van der Waals surface area contributed by atoms with E-state index >= 15 is 0 Å². The number of carbonyl (C=O) groups is 1. The molecule has 1 saturated carbocycles. The molecule has 2 atom stereocenters. The Labute approximate surface area is 151 Å². The van der Waals surface area contributed by atoms with Crippen molar-refractivity contribution in [1.29, 1.82) is 0 Å². The molecule has 4 heteroatoms. The smallest absolute Gasteiger partial charge is 0.330 e. The van der Waals surface area contributed by atoms with Crippen molar-refractivity contribution in [3.8, 4) is 0 Å². The van der Waals surface area contributed by atoms with Crippen LogP contribution in [0.1, 0.15) is 53.9 Å². The van der Waals surface area contributed by atoms with Crippen molar-refractivity contribution in [2.24, 2.45) is 5.41 Å². The largest absolute Gasteiger partial charge is 0.466 e. The Morgan fingerprint density at radius 1 is 1.04 bits per heavy atom. The molecule has 0 aliphatic heterocycles. The molecule has 1 rings (SSSR count). The van der Waals surface area contributed by atoms with Gasteiger partial charge in [-0.05, 0) is 57.1 Å². The minimum Gasteiger partial charge on any atom is -0.466 e. The third-order valence-electron chi connectivity index (χ3n) is 5.17. The topological polar surface area (TPSA) is 66.8 Å². The van der Waals surface area contributed by atoms with Gasteiger partial charge < -0.3 is 14.9 Å². The zero-order valence-corrected chi connectivity index (χ0v) is 16.3. The molecular formula is C21H32O4. The van der Waals surface area contributed by atoms with Gasteiger partial charge in [-0.3, -0.25) is 0 Å². The van der Waals surface area contributed by atoms with Crippen molar-refractivity contribution in [2.75, 3.05) is 7.11 Å². The molecule has 0 aromatic heterocycles. The Hall–Kier alpha value is -1.65. The van der Waals surface area contributed by atoms with Crippen molar-refractivity contribution >= 4 is 5.97 Å². The van der Waals surface area contributed by atoms with E-state index in [9.17, 15) is 15.0 Å². The van der Waals surface area contributed by atoms with Crippen molar-refractivity contribution in [3.63, 3.8) is 0 Å². The van der Waals surface area contributed by atoms with Gasteiger partial charge in [0.2, 0.25) is 0 Å². The second-order valence-corrected chi connectivity index (χ2v) is 7.79. The summed E-state index contributed by atoms with van der Waals surface area (Å²) in [4.78, 5) is 11.1. The first-order valence-electron chi connectivity index (χ1n) is 8.70. The molecular weight excluding hydrogens is 316 g/mol. The average molecular weight is 348 g/mol. The standard InChI is InChI=1S/C21H32O4/c1-16(9-7-10-17(2)15-18(22)25-6)11-14-21(24)19(3,4)12-8-13-20(21,5)23/h7,9-11,14-15,23-24H,8,12-13H2,1-6H3/b10-7+,14-11+,16-9+,17-15+/t20-,21-/m0/s1. The van der Waals surface area contributed by atoms with Gasteiger partial charge in [0, 0.05) is 6.08 Å². The van der Waals surface area contributed by atoms with E-state index < -0.39 is 16.6 Å². The van der Waals surface area contributed by atoms with Crippen LogP contribution >= 0.6 is 0 Å². The van der Waals surface area contributed by atoms with Gasteiger partial charge in [-0.15, -0.1) is 0 Å². The highest BCUT2D eigenvalue weighted by Gasteiger charge is 2.56. The lowest BCUT2D eigenvalue weighted by molar-refractivity contribution is -0.194. The Balaban J connectivity index is 2.92. The van der Waals surface area contributed by atoms with E-state index in [2.05, 4.69) is 4.74 Å². The molecule has 25 heavy (non-hydrogen) atoms. The third-order valence-corrected chi connectivity index (χ3v) is 5.17. The summed E-state index contributed by atoms with van der Waals surface area (Å²) in [7, 11) is 1.34. The summed E-state index contributed by atoms with van der Waals surface area (Å²) in [5.41, 5.74) is -1.11. The van der Waals surface area contributed by atoms with Gasteiger partial charge in [-0.2, -0.15) is 0 Å². The molecule has 0 spiro atoms. The predicted octanol–water partition coefficient (Wildman–Crippen LogP) is 3.86. The van der Waals surface area contributed by atoms with E-state index in [0.717, 1.165) is 24.0 Å². The summed E-state index contributed by atoms with van der Waals surface area (Å²) < 4.78 is 4.58. The van der Waals surface area contributed by atoms with Gasteiger partial charge >= 0.3 is 5.97 Å². The number of esters is 1. The van der Waals surface area contributed by atoms with Crippen LogP contribution in [-0.2, 0) is 9.53 Å². The Bertz CT molecular complexity index is 587. The Kier molecular flexibility index (Phi) is 6.98. The predicted molar refractivity (Wildman–Crippen MR) is 101 cm³/mol. The first-order chi connectivity index (χ1) is 11.4. The summed E-state index contributed by atoms with van der Waals surface area (Å²) in [6, 6.07) is 0. The minimum absolute atomic E-state index is 0.383. The fraction of sp³-hybridized carbons (Fsp3) is 0.571. The van der Waals surface area contributed by atoms with Crippen LogP contribution in [0.3, 0.4) is 0 Å². The molecule has 1 aliphatic rings. The van der Waals surface area contributed by atoms with E-state index in [4.69, 9.17) is 0 Å². The lowest BCUT2D eigenvalue weighted by Gasteiger charge is -2.53. The highest BCUT2D eigenvalue weighted by Crippen LogP contribution is 2.50. The monoisotopic (exact) mass is 348 g/mol. The first kappa shape index (κ1) is 21.4. The maximum Gasteiger partial charge on any atom is 0.330 e. The second kappa shape index (κ2) is 8.15.